The molecule has 2 heteroatoms. The van der Waals surface area contributed by atoms with Crippen LogP contribution in [0.15, 0.2) is 30.3 Å². The van der Waals surface area contributed by atoms with Crippen LogP contribution in [-0.4, -0.2) is 25.1 Å². The van der Waals surface area contributed by atoms with Gasteiger partial charge in [-0.2, -0.15) is 0 Å². The quantitative estimate of drug-likeness (QED) is 0.758. The molecular weight excluding hydrogens is 263 g/mol. The summed E-state index contributed by atoms with van der Waals surface area (Å²) in [5.41, 5.74) is 0.0591. The maximum atomic E-state index is 6.29. The number of ether oxygens (including phenoxy) is 1. The summed E-state index contributed by atoms with van der Waals surface area (Å²) < 4.78 is 7.81. The predicted molar refractivity (Wildman–Crippen MR) is 69.3 cm³/mol. The van der Waals surface area contributed by atoms with Gasteiger partial charge in [0.05, 0.1) is 0 Å². The molecule has 1 aliphatic heterocycles. The fraction of sp³-hybridized carbons (Fsp3) is 0.571. The van der Waals surface area contributed by atoms with Crippen LogP contribution >= 0.6 is 0 Å². The van der Waals surface area contributed by atoms with Crippen molar-refractivity contribution in [2.45, 2.75) is 50.1 Å². The molecular formula is C14H20OSe. The molecule has 1 unspecified atom stereocenters. The van der Waals surface area contributed by atoms with E-state index in [9.17, 15) is 0 Å². The fourth-order valence-corrected chi connectivity index (χ4v) is 5.07. The molecule has 1 aliphatic rings. The van der Waals surface area contributed by atoms with Gasteiger partial charge in [0.15, 0.2) is 0 Å². The van der Waals surface area contributed by atoms with Crippen molar-refractivity contribution in [3.05, 3.63) is 30.3 Å². The molecule has 16 heavy (non-hydrogen) atoms. The third-order valence-corrected chi connectivity index (χ3v) is 5.55. The first-order valence-corrected chi connectivity index (χ1v) is 7.65. The van der Waals surface area contributed by atoms with Gasteiger partial charge in [-0.15, -0.1) is 0 Å². The average Bonchev–Trinajstić information content (AvgIpc) is 2.16. The number of benzene rings is 1. The molecule has 0 aromatic heterocycles. The van der Waals surface area contributed by atoms with Gasteiger partial charge in [0.25, 0.3) is 0 Å². The van der Waals surface area contributed by atoms with Crippen molar-refractivity contribution in [2.75, 3.05) is 0 Å². The monoisotopic (exact) mass is 284 g/mol. The predicted octanol–water partition coefficient (Wildman–Crippen LogP) is 2.71. The van der Waals surface area contributed by atoms with Gasteiger partial charge in [-0.1, -0.05) is 0 Å². The summed E-state index contributed by atoms with van der Waals surface area (Å²) in [6.07, 6.45) is 3.68. The first-order valence-electron chi connectivity index (χ1n) is 5.93. The van der Waals surface area contributed by atoms with Crippen molar-refractivity contribution in [1.29, 1.82) is 0 Å². The van der Waals surface area contributed by atoms with E-state index in [2.05, 4.69) is 51.1 Å². The molecule has 0 bridgehead atoms. The minimum absolute atomic E-state index is 0.0591. The molecule has 1 atom stereocenters. The SMILES string of the molecule is CC1(C)CCCC(C)([Se]c2ccccc2)O1. The molecule has 0 N–H and O–H groups in total. The summed E-state index contributed by atoms with van der Waals surface area (Å²) in [7, 11) is 0. The Kier molecular flexibility index (Phi) is 3.44. The van der Waals surface area contributed by atoms with Crippen molar-refractivity contribution < 1.29 is 4.74 Å². The van der Waals surface area contributed by atoms with Crippen molar-refractivity contribution in [2.24, 2.45) is 0 Å². The zero-order valence-corrected chi connectivity index (χ0v) is 12.0. The van der Waals surface area contributed by atoms with Crippen molar-refractivity contribution in [3.8, 4) is 0 Å². The van der Waals surface area contributed by atoms with Crippen molar-refractivity contribution >= 4 is 19.4 Å². The molecule has 0 aliphatic carbocycles. The molecule has 88 valence electrons. The molecule has 0 amide bonds. The van der Waals surface area contributed by atoms with Crippen LogP contribution in [0.25, 0.3) is 0 Å². The first-order chi connectivity index (χ1) is 7.49. The number of rotatable bonds is 2. The molecule has 1 fully saturated rings. The maximum absolute atomic E-state index is 6.29. The average molecular weight is 283 g/mol. The van der Waals surface area contributed by atoms with Crippen molar-refractivity contribution in [1.82, 2.24) is 0 Å². The Balaban J connectivity index is 2.08. The van der Waals surface area contributed by atoms with Crippen LogP contribution in [0.3, 0.4) is 0 Å². The topological polar surface area (TPSA) is 9.23 Å². The molecule has 1 aromatic rings. The van der Waals surface area contributed by atoms with Gasteiger partial charge in [-0.05, 0) is 0 Å². The molecule has 1 saturated heterocycles. The summed E-state index contributed by atoms with van der Waals surface area (Å²) in [5.74, 6) is 0. The second kappa shape index (κ2) is 4.52. The summed E-state index contributed by atoms with van der Waals surface area (Å²) >= 11 is 0.409. The number of hydrogen-bond acceptors (Lipinski definition) is 1. The molecule has 1 aromatic carbocycles. The van der Waals surface area contributed by atoms with E-state index in [1.54, 1.807) is 0 Å². The Hall–Kier alpha value is -0.301. The zero-order valence-electron chi connectivity index (χ0n) is 10.3. The minimum atomic E-state index is 0.0591. The van der Waals surface area contributed by atoms with Gasteiger partial charge < -0.3 is 0 Å². The van der Waals surface area contributed by atoms with Crippen LogP contribution in [0.5, 0.6) is 0 Å². The summed E-state index contributed by atoms with van der Waals surface area (Å²) in [4.78, 5) is 0. The number of hydrogen-bond donors (Lipinski definition) is 0. The standard InChI is InChI=1S/C14H20OSe/c1-13(2)10-7-11-14(3,15-13)16-12-8-5-4-6-9-12/h4-6,8-9H,7,10-11H2,1-3H3. The Labute approximate surface area is 105 Å². The van der Waals surface area contributed by atoms with Crippen LogP contribution in [0.1, 0.15) is 40.0 Å². The Morgan fingerprint density at radius 2 is 1.75 bits per heavy atom. The Morgan fingerprint density at radius 3 is 2.38 bits per heavy atom. The summed E-state index contributed by atoms with van der Waals surface area (Å²) in [5, 5.41) is 0. The first kappa shape index (κ1) is 12.2. The molecule has 0 saturated carbocycles. The molecule has 1 heterocycles. The third-order valence-electron chi connectivity index (χ3n) is 2.98. The van der Waals surface area contributed by atoms with Gasteiger partial charge in [-0.3, -0.25) is 0 Å². The zero-order chi connectivity index (χ0) is 11.6. The van der Waals surface area contributed by atoms with E-state index in [1.165, 1.54) is 23.7 Å². The van der Waals surface area contributed by atoms with E-state index < -0.39 is 0 Å². The van der Waals surface area contributed by atoms with Crippen molar-refractivity contribution in [3.63, 3.8) is 0 Å². The van der Waals surface area contributed by atoms with E-state index in [0.717, 1.165) is 0 Å². The van der Waals surface area contributed by atoms with Crippen LogP contribution in [0.2, 0.25) is 0 Å². The fourth-order valence-electron chi connectivity index (χ4n) is 2.33. The molecule has 2 rings (SSSR count). The van der Waals surface area contributed by atoms with E-state index in [0.29, 0.717) is 15.0 Å². The second-order valence-corrected chi connectivity index (χ2v) is 8.49. The summed E-state index contributed by atoms with van der Waals surface area (Å²) in [6.45, 7) is 6.71. The van der Waals surface area contributed by atoms with Gasteiger partial charge in [0.1, 0.15) is 0 Å². The van der Waals surface area contributed by atoms with Crippen LogP contribution in [-0.2, 0) is 4.74 Å². The van der Waals surface area contributed by atoms with Gasteiger partial charge in [0.2, 0.25) is 0 Å². The van der Waals surface area contributed by atoms with E-state index >= 15 is 0 Å². The molecule has 0 spiro atoms. The normalized spacial score (nSPS) is 28.9. The van der Waals surface area contributed by atoms with Gasteiger partial charge in [-0.25, -0.2) is 0 Å². The second-order valence-electron chi connectivity index (χ2n) is 5.26. The van der Waals surface area contributed by atoms with Gasteiger partial charge >= 0.3 is 105 Å². The van der Waals surface area contributed by atoms with Crippen LogP contribution in [0, 0.1) is 0 Å². The van der Waals surface area contributed by atoms with E-state index in [4.69, 9.17) is 4.74 Å². The third kappa shape index (κ3) is 3.10. The van der Waals surface area contributed by atoms with E-state index in [-0.39, 0.29) is 10.1 Å². The van der Waals surface area contributed by atoms with Crippen LogP contribution in [0.4, 0.5) is 0 Å². The Morgan fingerprint density at radius 1 is 1.06 bits per heavy atom. The van der Waals surface area contributed by atoms with E-state index in [1.807, 2.05) is 0 Å². The summed E-state index contributed by atoms with van der Waals surface area (Å²) in [6, 6.07) is 10.8. The molecule has 1 nitrogen and oxygen atoms in total. The van der Waals surface area contributed by atoms with Crippen LogP contribution < -0.4 is 4.46 Å². The Bertz CT molecular complexity index is 347. The molecule has 0 radical (unpaired) electrons. The van der Waals surface area contributed by atoms with Gasteiger partial charge in [0, 0.05) is 0 Å².